The van der Waals surface area contributed by atoms with Gasteiger partial charge in [-0.3, -0.25) is 4.90 Å². The maximum Gasteiger partial charge on any atom is 0.0638 e. The number of nitrogens with zero attached hydrogens (tertiary/aromatic N) is 1. The van der Waals surface area contributed by atoms with E-state index in [1.165, 1.54) is 16.7 Å². The Morgan fingerprint density at radius 1 is 1.05 bits per heavy atom. The van der Waals surface area contributed by atoms with Gasteiger partial charge in [0.25, 0.3) is 0 Å². The normalized spacial score (nSPS) is 10.9. The Hall–Kier alpha value is -1.51. The maximum absolute atomic E-state index is 6.03. The molecule has 0 fully saturated rings. The molecule has 0 saturated heterocycles. The Morgan fingerprint density at radius 2 is 1.74 bits per heavy atom. The first kappa shape index (κ1) is 13.9. The van der Waals surface area contributed by atoms with Crippen LogP contribution in [0, 0.1) is 6.92 Å². The molecule has 0 aromatic heterocycles. The number of hydrogen-bond donors (Lipinski definition) is 1. The Morgan fingerprint density at radius 3 is 2.37 bits per heavy atom. The first-order chi connectivity index (χ1) is 9.04. The van der Waals surface area contributed by atoms with Crippen LogP contribution in [0.5, 0.6) is 0 Å². The average Bonchev–Trinajstić information content (AvgIpc) is 2.34. The third kappa shape index (κ3) is 3.98. The number of benzene rings is 2. The van der Waals surface area contributed by atoms with E-state index in [1.54, 1.807) is 0 Å². The molecule has 0 bridgehead atoms. The van der Waals surface area contributed by atoms with Crippen LogP contribution in [-0.4, -0.2) is 11.9 Å². The summed E-state index contributed by atoms with van der Waals surface area (Å²) in [6.07, 6.45) is 0. The highest BCUT2D eigenvalue weighted by Crippen LogP contribution is 2.20. The number of halogens is 1. The molecule has 0 amide bonds. The van der Waals surface area contributed by atoms with E-state index >= 15 is 0 Å². The Balaban J connectivity index is 2.01. The van der Waals surface area contributed by atoms with Crippen molar-refractivity contribution in [3.63, 3.8) is 0 Å². The predicted molar refractivity (Wildman–Crippen MR) is 82.2 cm³/mol. The molecule has 0 spiro atoms. The molecule has 0 atom stereocenters. The molecule has 0 aliphatic rings. The van der Waals surface area contributed by atoms with Crippen LogP contribution in [0.1, 0.15) is 16.7 Å². The lowest BCUT2D eigenvalue weighted by Crippen LogP contribution is -2.17. The van der Waals surface area contributed by atoms with Gasteiger partial charge in [-0.15, -0.1) is 0 Å². The van der Waals surface area contributed by atoms with Crippen molar-refractivity contribution < 1.29 is 0 Å². The van der Waals surface area contributed by atoms with Crippen LogP contribution in [0.15, 0.2) is 42.5 Å². The van der Waals surface area contributed by atoms with E-state index in [-0.39, 0.29) is 0 Å². The van der Waals surface area contributed by atoms with Crippen molar-refractivity contribution in [3.8, 4) is 0 Å². The highest BCUT2D eigenvalue weighted by molar-refractivity contribution is 6.33. The fraction of sp³-hybridized carbons (Fsp3) is 0.250. The van der Waals surface area contributed by atoms with Gasteiger partial charge in [-0.1, -0.05) is 47.5 Å². The summed E-state index contributed by atoms with van der Waals surface area (Å²) in [7, 11) is 2.10. The molecule has 0 aliphatic heterocycles. The van der Waals surface area contributed by atoms with Gasteiger partial charge in [0.2, 0.25) is 0 Å². The van der Waals surface area contributed by atoms with E-state index in [2.05, 4.69) is 43.1 Å². The van der Waals surface area contributed by atoms with Crippen molar-refractivity contribution in [2.75, 3.05) is 12.8 Å². The number of aryl methyl sites for hydroxylation is 1. The van der Waals surface area contributed by atoms with Crippen LogP contribution in [0.2, 0.25) is 5.02 Å². The number of anilines is 1. The Labute approximate surface area is 119 Å². The molecule has 19 heavy (non-hydrogen) atoms. The SMILES string of the molecule is Cc1cccc(CN(C)Cc2ccc(N)c(Cl)c2)c1. The van der Waals surface area contributed by atoms with Crippen LogP contribution in [0.4, 0.5) is 5.69 Å². The zero-order chi connectivity index (χ0) is 13.8. The van der Waals surface area contributed by atoms with E-state index in [0.29, 0.717) is 10.7 Å². The monoisotopic (exact) mass is 274 g/mol. The molecule has 0 saturated carbocycles. The van der Waals surface area contributed by atoms with Crippen molar-refractivity contribution in [2.24, 2.45) is 0 Å². The zero-order valence-corrected chi connectivity index (χ0v) is 12.1. The molecule has 2 nitrogen and oxygen atoms in total. The van der Waals surface area contributed by atoms with Crippen LogP contribution in [0.3, 0.4) is 0 Å². The van der Waals surface area contributed by atoms with Gasteiger partial charge in [-0.25, -0.2) is 0 Å². The quantitative estimate of drug-likeness (QED) is 0.858. The maximum atomic E-state index is 6.03. The molecule has 0 heterocycles. The van der Waals surface area contributed by atoms with Crippen LogP contribution in [-0.2, 0) is 13.1 Å². The molecular formula is C16H19ClN2. The van der Waals surface area contributed by atoms with Crippen LogP contribution < -0.4 is 5.73 Å². The summed E-state index contributed by atoms with van der Waals surface area (Å²) in [6.45, 7) is 3.89. The summed E-state index contributed by atoms with van der Waals surface area (Å²) >= 11 is 6.03. The second kappa shape index (κ2) is 6.09. The predicted octanol–water partition coefficient (Wildman–Crippen LogP) is 3.86. The molecule has 3 heteroatoms. The van der Waals surface area contributed by atoms with Gasteiger partial charge in [0.15, 0.2) is 0 Å². The summed E-state index contributed by atoms with van der Waals surface area (Å²) in [4.78, 5) is 2.26. The first-order valence-corrected chi connectivity index (χ1v) is 6.70. The van der Waals surface area contributed by atoms with E-state index in [4.69, 9.17) is 17.3 Å². The van der Waals surface area contributed by atoms with Gasteiger partial charge in [0.05, 0.1) is 10.7 Å². The van der Waals surface area contributed by atoms with Crippen molar-refractivity contribution in [3.05, 3.63) is 64.2 Å². The summed E-state index contributed by atoms with van der Waals surface area (Å²) in [5, 5.41) is 0.626. The zero-order valence-electron chi connectivity index (χ0n) is 11.4. The molecule has 2 rings (SSSR count). The third-order valence-corrected chi connectivity index (χ3v) is 3.38. The highest BCUT2D eigenvalue weighted by Gasteiger charge is 2.04. The first-order valence-electron chi connectivity index (χ1n) is 6.32. The van der Waals surface area contributed by atoms with Gasteiger partial charge < -0.3 is 5.73 Å². The second-order valence-corrected chi connectivity index (χ2v) is 5.42. The average molecular weight is 275 g/mol. The topological polar surface area (TPSA) is 29.3 Å². The lowest BCUT2D eigenvalue weighted by molar-refractivity contribution is 0.319. The molecular weight excluding hydrogens is 256 g/mol. The molecule has 0 aliphatic carbocycles. The molecule has 100 valence electrons. The molecule has 2 N–H and O–H groups in total. The standard InChI is InChI=1S/C16H19ClN2/c1-12-4-3-5-13(8-12)10-19(2)11-14-6-7-16(18)15(17)9-14/h3-9H,10-11,18H2,1-2H3. The van der Waals surface area contributed by atoms with Crippen molar-refractivity contribution in [2.45, 2.75) is 20.0 Å². The number of nitrogen functional groups attached to an aromatic ring is 1. The summed E-state index contributed by atoms with van der Waals surface area (Å²) in [6, 6.07) is 14.4. The minimum atomic E-state index is 0.626. The van der Waals surface area contributed by atoms with E-state index < -0.39 is 0 Å². The summed E-state index contributed by atoms with van der Waals surface area (Å²) in [5.74, 6) is 0. The van der Waals surface area contributed by atoms with E-state index in [9.17, 15) is 0 Å². The van der Waals surface area contributed by atoms with E-state index in [0.717, 1.165) is 13.1 Å². The van der Waals surface area contributed by atoms with Gasteiger partial charge in [0.1, 0.15) is 0 Å². The van der Waals surface area contributed by atoms with Crippen LogP contribution >= 0.6 is 11.6 Å². The summed E-state index contributed by atoms with van der Waals surface area (Å²) < 4.78 is 0. The molecule has 2 aromatic rings. The van der Waals surface area contributed by atoms with Gasteiger partial charge in [0, 0.05) is 13.1 Å². The van der Waals surface area contributed by atoms with Gasteiger partial charge in [-0.05, 0) is 37.2 Å². The lowest BCUT2D eigenvalue weighted by Gasteiger charge is -2.17. The van der Waals surface area contributed by atoms with E-state index in [1.807, 2.05) is 18.2 Å². The number of rotatable bonds is 4. The van der Waals surface area contributed by atoms with Gasteiger partial charge >= 0.3 is 0 Å². The Kier molecular flexibility index (Phi) is 4.46. The molecule has 0 unspecified atom stereocenters. The highest BCUT2D eigenvalue weighted by atomic mass is 35.5. The Bertz CT molecular complexity index is 566. The number of nitrogens with two attached hydrogens (primary N) is 1. The fourth-order valence-electron chi connectivity index (χ4n) is 2.16. The third-order valence-electron chi connectivity index (χ3n) is 3.05. The van der Waals surface area contributed by atoms with Crippen molar-refractivity contribution >= 4 is 17.3 Å². The largest absolute Gasteiger partial charge is 0.398 e. The second-order valence-electron chi connectivity index (χ2n) is 5.02. The summed E-state index contributed by atoms with van der Waals surface area (Å²) in [5.41, 5.74) is 10.1. The molecule has 2 aromatic carbocycles. The minimum Gasteiger partial charge on any atom is -0.398 e. The fourth-order valence-corrected chi connectivity index (χ4v) is 2.36. The molecule has 0 radical (unpaired) electrons. The lowest BCUT2D eigenvalue weighted by atomic mass is 10.1. The van der Waals surface area contributed by atoms with Crippen molar-refractivity contribution in [1.29, 1.82) is 0 Å². The van der Waals surface area contributed by atoms with Gasteiger partial charge in [-0.2, -0.15) is 0 Å². The smallest absolute Gasteiger partial charge is 0.0638 e. The number of hydrogen-bond acceptors (Lipinski definition) is 2. The van der Waals surface area contributed by atoms with Crippen LogP contribution in [0.25, 0.3) is 0 Å². The minimum absolute atomic E-state index is 0.626. The van der Waals surface area contributed by atoms with Crippen molar-refractivity contribution in [1.82, 2.24) is 4.90 Å².